The molecule has 2 aromatic heterocycles. The Kier molecular flexibility index (Phi) is 4.04. The van der Waals surface area contributed by atoms with Gasteiger partial charge in [-0.15, -0.1) is 0 Å². The predicted molar refractivity (Wildman–Crippen MR) is 85.0 cm³/mol. The summed E-state index contributed by atoms with van der Waals surface area (Å²) < 4.78 is 13.8. The van der Waals surface area contributed by atoms with Crippen LogP contribution in [0.2, 0.25) is 0 Å². The van der Waals surface area contributed by atoms with Crippen molar-refractivity contribution < 1.29 is 4.39 Å². The molecule has 3 rings (SSSR count). The maximum atomic E-state index is 13.8. The molecule has 0 aliphatic carbocycles. The fraction of sp³-hybridized carbons (Fsp3) is 0.400. The van der Waals surface area contributed by atoms with Gasteiger partial charge in [-0.25, -0.2) is 14.4 Å². The Hall–Kier alpha value is -2.44. The van der Waals surface area contributed by atoms with Gasteiger partial charge in [-0.1, -0.05) is 0 Å². The summed E-state index contributed by atoms with van der Waals surface area (Å²) >= 11 is 0. The standard InChI is InChI=1S/C15H19FN6/c1-20(2)15-18-7-5-13(19-15)21-8-10-22(11-9-21)14-12(16)4-3-6-17-14/h3-7H,8-11H2,1-2H3. The highest BCUT2D eigenvalue weighted by atomic mass is 19.1. The molecular weight excluding hydrogens is 283 g/mol. The fourth-order valence-corrected chi connectivity index (χ4v) is 2.49. The van der Waals surface area contributed by atoms with E-state index in [4.69, 9.17) is 0 Å². The van der Waals surface area contributed by atoms with Crippen LogP contribution in [-0.2, 0) is 0 Å². The van der Waals surface area contributed by atoms with Crippen LogP contribution in [0.25, 0.3) is 0 Å². The molecule has 7 heteroatoms. The Bertz CT molecular complexity index is 639. The largest absolute Gasteiger partial charge is 0.353 e. The van der Waals surface area contributed by atoms with Crippen LogP contribution in [0.15, 0.2) is 30.6 Å². The van der Waals surface area contributed by atoms with Crippen LogP contribution >= 0.6 is 0 Å². The molecule has 1 fully saturated rings. The molecule has 0 aromatic carbocycles. The van der Waals surface area contributed by atoms with E-state index in [1.165, 1.54) is 6.07 Å². The lowest BCUT2D eigenvalue weighted by molar-refractivity contribution is 0.587. The lowest BCUT2D eigenvalue weighted by Gasteiger charge is -2.36. The molecule has 0 bridgehead atoms. The topological polar surface area (TPSA) is 48.4 Å². The van der Waals surface area contributed by atoms with Crippen molar-refractivity contribution in [2.45, 2.75) is 0 Å². The molecular formula is C15H19FN6. The van der Waals surface area contributed by atoms with Crippen molar-refractivity contribution in [3.05, 3.63) is 36.4 Å². The number of hydrogen-bond acceptors (Lipinski definition) is 6. The maximum absolute atomic E-state index is 13.8. The first kappa shape index (κ1) is 14.5. The first-order chi connectivity index (χ1) is 10.6. The van der Waals surface area contributed by atoms with Crippen molar-refractivity contribution in [1.29, 1.82) is 0 Å². The third kappa shape index (κ3) is 2.93. The van der Waals surface area contributed by atoms with Gasteiger partial charge in [0.25, 0.3) is 0 Å². The normalized spacial score (nSPS) is 15.0. The Morgan fingerprint density at radius 1 is 1.00 bits per heavy atom. The van der Waals surface area contributed by atoms with E-state index >= 15 is 0 Å². The zero-order chi connectivity index (χ0) is 15.5. The molecule has 1 saturated heterocycles. The summed E-state index contributed by atoms with van der Waals surface area (Å²) in [7, 11) is 3.84. The number of anilines is 3. The highest BCUT2D eigenvalue weighted by Crippen LogP contribution is 2.20. The number of hydrogen-bond donors (Lipinski definition) is 0. The second kappa shape index (κ2) is 6.13. The van der Waals surface area contributed by atoms with Crippen LogP contribution in [0.5, 0.6) is 0 Å². The lowest BCUT2D eigenvalue weighted by Crippen LogP contribution is -2.47. The third-order valence-corrected chi connectivity index (χ3v) is 3.67. The van der Waals surface area contributed by atoms with Crippen LogP contribution in [-0.4, -0.2) is 55.2 Å². The Morgan fingerprint density at radius 2 is 1.73 bits per heavy atom. The van der Waals surface area contributed by atoms with Gasteiger partial charge in [-0.2, -0.15) is 4.98 Å². The van der Waals surface area contributed by atoms with Crippen molar-refractivity contribution in [1.82, 2.24) is 15.0 Å². The van der Waals surface area contributed by atoms with Gasteiger partial charge in [0, 0.05) is 52.7 Å². The van der Waals surface area contributed by atoms with Gasteiger partial charge >= 0.3 is 0 Å². The van der Waals surface area contributed by atoms with Gasteiger partial charge in [-0.3, -0.25) is 0 Å². The van der Waals surface area contributed by atoms with Crippen molar-refractivity contribution in [3.63, 3.8) is 0 Å². The average molecular weight is 302 g/mol. The van der Waals surface area contributed by atoms with E-state index in [0.29, 0.717) is 11.8 Å². The van der Waals surface area contributed by atoms with E-state index in [1.807, 2.05) is 30.0 Å². The van der Waals surface area contributed by atoms with Crippen molar-refractivity contribution in [2.75, 3.05) is 55.0 Å². The first-order valence-electron chi connectivity index (χ1n) is 7.26. The predicted octanol–water partition coefficient (Wildman–Crippen LogP) is 1.40. The molecule has 0 amide bonds. The molecule has 3 heterocycles. The summed E-state index contributed by atoms with van der Waals surface area (Å²) in [5.74, 6) is 1.75. The minimum absolute atomic E-state index is 0.270. The van der Waals surface area contributed by atoms with Crippen molar-refractivity contribution in [3.8, 4) is 0 Å². The van der Waals surface area contributed by atoms with E-state index in [-0.39, 0.29) is 5.82 Å². The van der Waals surface area contributed by atoms with Crippen molar-refractivity contribution >= 4 is 17.6 Å². The SMILES string of the molecule is CN(C)c1nccc(N2CCN(c3ncccc3F)CC2)n1. The summed E-state index contributed by atoms with van der Waals surface area (Å²) in [5, 5.41) is 0. The second-order valence-corrected chi connectivity index (χ2v) is 5.39. The minimum Gasteiger partial charge on any atom is -0.353 e. The maximum Gasteiger partial charge on any atom is 0.226 e. The lowest BCUT2D eigenvalue weighted by atomic mass is 10.3. The molecule has 1 aliphatic rings. The summed E-state index contributed by atoms with van der Waals surface area (Å²) in [5.41, 5.74) is 0. The summed E-state index contributed by atoms with van der Waals surface area (Å²) in [6, 6.07) is 4.96. The average Bonchev–Trinajstić information content (AvgIpc) is 2.56. The molecule has 0 atom stereocenters. The zero-order valence-electron chi connectivity index (χ0n) is 12.8. The van der Waals surface area contributed by atoms with Gasteiger partial charge in [0.05, 0.1) is 0 Å². The molecule has 0 radical (unpaired) electrons. The summed E-state index contributed by atoms with van der Waals surface area (Å²) in [6.07, 6.45) is 3.39. The monoisotopic (exact) mass is 302 g/mol. The van der Waals surface area contributed by atoms with E-state index in [2.05, 4.69) is 19.9 Å². The highest BCUT2D eigenvalue weighted by Gasteiger charge is 2.21. The van der Waals surface area contributed by atoms with E-state index in [1.54, 1.807) is 18.5 Å². The van der Waals surface area contributed by atoms with Crippen LogP contribution in [0.1, 0.15) is 0 Å². The third-order valence-electron chi connectivity index (χ3n) is 3.67. The molecule has 2 aromatic rings. The quantitative estimate of drug-likeness (QED) is 0.854. The van der Waals surface area contributed by atoms with Crippen LogP contribution in [0.3, 0.4) is 0 Å². The van der Waals surface area contributed by atoms with Crippen LogP contribution in [0, 0.1) is 5.82 Å². The molecule has 0 spiro atoms. The first-order valence-corrected chi connectivity index (χ1v) is 7.26. The number of aromatic nitrogens is 3. The van der Waals surface area contributed by atoms with Crippen LogP contribution < -0.4 is 14.7 Å². The molecule has 1 aliphatic heterocycles. The Morgan fingerprint density at radius 3 is 2.41 bits per heavy atom. The van der Waals surface area contributed by atoms with Gasteiger partial charge in [0.1, 0.15) is 5.82 Å². The van der Waals surface area contributed by atoms with Crippen molar-refractivity contribution in [2.24, 2.45) is 0 Å². The highest BCUT2D eigenvalue weighted by molar-refractivity contribution is 5.47. The summed E-state index contributed by atoms with van der Waals surface area (Å²) in [6.45, 7) is 2.99. The zero-order valence-corrected chi connectivity index (χ0v) is 12.8. The molecule has 6 nitrogen and oxygen atoms in total. The van der Waals surface area contributed by atoms with Gasteiger partial charge in [0.2, 0.25) is 5.95 Å². The molecule has 116 valence electrons. The molecule has 22 heavy (non-hydrogen) atoms. The van der Waals surface area contributed by atoms with Gasteiger partial charge in [0.15, 0.2) is 11.6 Å². The Balaban J connectivity index is 1.69. The molecule has 0 N–H and O–H groups in total. The molecule has 0 unspecified atom stereocenters. The fourth-order valence-electron chi connectivity index (χ4n) is 2.49. The Labute approximate surface area is 129 Å². The van der Waals surface area contributed by atoms with Gasteiger partial charge < -0.3 is 14.7 Å². The summed E-state index contributed by atoms with van der Waals surface area (Å²) in [4.78, 5) is 18.9. The number of rotatable bonds is 3. The van der Waals surface area contributed by atoms with Crippen LogP contribution in [0.4, 0.5) is 22.0 Å². The minimum atomic E-state index is -0.270. The van der Waals surface area contributed by atoms with E-state index in [9.17, 15) is 4.39 Å². The molecule has 0 saturated carbocycles. The van der Waals surface area contributed by atoms with E-state index in [0.717, 1.165) is 32.0 Å². The van der Waals surface area contributed by atoms with Gasteiger partial charge in [-0.05, 0) is 18.2 Å². The smallest absolute Gasteiger partial charge is 0.226 e. The number of halogens is 1. The number of pyridine rings is 1. The number of piperazine rings is 1. The van der Waals surface area contributed by atoms with E-state index < -0.39 is 0 Å². The second-order valence-electron chi connectivity index (χ2n) is 5.39. The number of nitrogens with zero attached hydrogens (tertiary/aromatic N) is 6.